The molecule has 1 amide bonds. The van der Waals surface area contributed by atoms with Gasteiger partial charge in [-0.2, -0.15) is 0 Å². The van der Waals surface area contributed by atoms with Crippen molar-refractivity contribution in [1.82, 2.24) is 10.3 Å². The van der Waals surface area contributed by atoms with Crippen LogP contribution in [-0.4, -0.2) is 16.9 Å². The van der Waals surface area contributed by atoms with E-state index in [1.54, 1.807) is 12.4 Å². The number of hydrogen-bond donors (Lipinski definition) is 2. The van der Waals surface area contributed by atoms with Gasteiger partial charge in [-0.25, -0.2) is 0 Å². The Kier molecular flexibility index (Phi) is 4.93. The SMILES string of the molecule is CCc1ccccc1Nc1cncc(C(=O)NC(C)C)c1. The Bertz CT molecular complexity index is 623. The van der Waals surface area contributed by atoms with Gasteiger partial charge in [-0.15, -0.1) is 0 Å². The quantitative estimate of drug-likeness (QED) is 0.882. The lowest BCUT2D eigenvalue weighted by molar-refractivity contribution is 0.0943. The van der Waals surface area contributed by atoms with Crippen LogP contribution in [0.15, 0.2) is 42.7 Å². The molecule has 0 unspecified atom stereocenters. The van der Waals surface area contributed by atoms with Crippen LogP contribution < -0.4 is 10.6 Å². The third-order valence-electron chi connectivity index (χ3n) is 3.10. The van der Waals surface area contributed by atoms with E-state index in [-0.39, 0.29) is 11.9 Å². The Morgan fingerprint density at radius 3 is 2.71 bits per heavy atom. The number of benzene rings is 1. The molecule has 0 radical (unpaired) electrons. The first-order valence-electron chi connectivity index (χ1n) is 7.21. The molecule has 0 aliphatic carbocycles. The summed E-state index contributed by atoms with van der Waals surface area (Å²) in [4.78, 5) is 16.1. The molecule has 0 spiro atoms. The van der Waals surface area contributed by atoms with Crippen molar-refractivity contribution in [1.29, 1.82) is 0 Å². The summed E-state index contributed by atoms with van der Waals surface area (Å²) in [6, 6.07) is 10.1. The molecular formula is C17H21N3O. The van der Waals surface area contributed by atoms with Crippen LogP contribution in [0, 0.1) is 0 Å². The van der Waals surface area contributed by atoms with Crippen molar-refractivity contribution in [3.63, 3.8) is 0 Å². The van der Waals surface area contributed by atoms with E-state index in [0.29, 0.717) is 5.56 Å². The van der Waals surface area contributed by atoms with Gasteiger partial charge in [0.15, 0.2) is 0 Å². The summed E-state index contributed by atoms with van der Waals surface area (Å²) in [6.07, 6.45) is 4.25. The van der Waals surface area contributed by atoms with Crippen molar-refractivity contribution >= 4 is 17.3 Å². The lowest BCUT2D eigenvalue weighted by Crippen LogP contribution is -2.30. The van der Waals surface area contributed by atoms with E-state index in [2.05, 4.69) is 28.6 Å². The number of pyridine rings is 1. The number of aryl methyl sites for hydroxylation is 1. The first-order chi connectivity index (χ1) is 10.1. The molecule has 1 aromatic carbocycles. The molecular weight excluding hydrogens is 262 g/mol. The molecule has 21 heavy (non-hydrogen) atoms. The highest BCUT2D eigenvalue weighted by Crippen LogP contribution is 2.21. The molecule has 2 aromatic rings. The second-order valence-corrected chi connectivity index (χ2v) is 5.23. The van der Waals surface area contributed by atoms with E-state index in [1.165, 1.54) is 5.56 Å². The minimum Gasteiger partial charge on any atom is -0.354 e. The van der Waals surface area contributed by atoms with E-state index in [0.717, 1.165) is 17.8 Å². The van der Waals surface area contributed by atoms with Crippen molar-refractivity contribution < 1.29 is 4.79 Å². The highest BCUT2D eigenvalue weighted by Gasteiger charge is 2.08. The number of aromatic nitrogens is 1. The minimum absolute atomic E-state index is 0.106. The molecule has 0 aliphatic heterocycles. The molecule has 2 rings (SSSR count). The van der Waals surface area contributed by atoms with Crippen LogP contribution in [0.2, 0.25) is 0 Å². The van der Waals surface area contributed by atoms with Gasteiger partial charge in [0.2, 0.25) is 0 Å². The minimum atomic E-state index is -0.107. The monoisotopic (exact) mass is 283 g/mol. The molecule has 0 bridgehead atoms. The maximum absolute atomic E-state index is 12.0. The van der Waals surface area contributed by atoms with Crippen molar-refractivity contribution in [3.8, 4) is 0 Å². The number of rotatable bonds is 5. The third kappa shape index (κ3) is 4.05. The molecule has 0 saturated heterocycles. The van der Waals surface area contributed by atoms with Crippen molar-refractivity contribution in [3.05, 3.63) is 53.9 Å². The van der Waals surface area contributed by atoms with E-state index >= 15 is 0 Å². The third-order valence-corrected chi connectivity index (χ3v) is 3.10. The number of anilines is 2. The number of hydrogen-bond acceptors (Lipinski definition) is 3. The van der Waals surface area contributed by atoms with E-state index in [9.17, 15) is 4.79 Å². The number of nitrogens with zero attached hydrogens (tertiary/aromatic N) is 1. The van der Waals surface area contributed by atoms with Crippen molar-refractivity contribution in [2.75, 3.05) is 5.32 Å². The van der Waals surface area contributed by atoms with Crippen LogP contribution in [0.25, 0.3) is 0 Å². The average molecular weight is 283 g/mol. The van der Waals surface area contributed by atoms with Crippen LogP contribution in [0.5, 0.6) is 0 Å². The smallest absolute Gasteiger partial charge is 0.253 e. The number of carbonyl (C=O) groups excluding carboxylic acids is 1. The summed E-state index contributed by atoms with van der Waals surface area (Å²) < 4.78 is 0. The number of nitrogens with one attached hydrogen (secondary N) is 2. The fraction of sp³-hybridized carbons (Fsp3) is 0.294. The second kappa shape index (κ2) is 6.88. The second-order valence-electron chi connectivity index (χ2n) is 5.23. The average Bonchev–Trinajstić information content (AvgIpc) is 2.47. The van der Waals surface area contributed by atoms with Gasteiger partial charge in [0, 0.05) is 17.9 Å². The molecule has 4 nitrogen and oxygen atoms in total. The Labute approximate surface area is 125 Å². The predicted molar refractivity (Wildman–Crippen MR) is 85.9 cm³/mol. The zero-order valence-electron chi connectivity index (χ0n) is 12.7. The number of amides is 1. The van der Waals surface area contributed by atoms with Crippen LogP contribution in [0.4, 0.5) is 11.4 Å². The van der Waals surface area contributed by atoms with Gasteiger partial charge < -0.3 is 10.6 Å². The molecule has 2 N–H and O–H groups in total. The van der Waals surface area contributed by atoms with E-state index in [4.69, 9.17) is 0 Å². The van der Waals surface area contributed by atoms with Crippen LogP contribution in [0.3, 0.4) is 0 Å². The molecule has 0 fully saturated rings. The van der Waals surface area contributed by atoms with Gasteiger partial charge in [-0.3, -0.25) is 9.78 Å². The summed E-state index contributed by atoms with van der Waals surface area (Å²) in [6.45, 7) is 5.99. The molecule has 0 saturated carbocycles. The maximum Gasteiger partial charge on any atom is 0.253 e. The van der Waals surface area contributed by atoms with Gasteiger partial charge in [-0.1, -0.05) is 25.1 Å². The zero-order chi connectivity index (χ0) is 15.2. The van der Waals surface area contributed by atoms with Gasteiger partial charge in [0.25, 0.3) is 5.91 Å². The summed E-state index contributed by atoms with van der Waals surface area (Å²) in [7, 11) is 0. The Balaban J connectivity index is 2.20. The molecule has 1 heterocycles. The summed E-state index contributed by atoms with van der Waals surface area (Å²) in [5.74, 6) is -0.107. The van der Waals surface area contributed by atoms with Gasteiger partial charge >= 0.3 is 0 Å². The largest absolute Gasteiger partial charge is 0.354 e. The molecule has 1 aromatic heterocycles. The highest BCUT2D eigenvalue weighted by atomic mass is 16.1. The lowest BCUT2D eigenvalue weighted by atomic mass is 10.1. The van der Waals surface area contributed by atoms with E-state index < -0.39 is 0 Å². The highest BCUT2D eigenvalue weighted by molar-refractivity contribution is 5.95. The fourth-order valence-corrected chi connectivity index (χ4v) is 2.08. The maximum atomic E-state index is 12.0. The molecule has 0 aliphatic rings. The predicted octanol–water partition coefficient (Wildman–Crippen LogP) is 3.53. The Hall–Kier alpha value is -2.36. The van der Waals surface area contributed by atoms with Crippen molar-refractivity contribution in [2.45, 2.75) is 33.2 Å². The standard InChI is InChI=1S/C17H21N3O/c1-4-13-7-5-6-8-16(13)20-15-9-14(10-18-11-15)17(21)19-12(2)3/h5-12,20H,4H2,1-3H3,(H,19,21). The number of carbonyl (C=O) groups is 1. The fourth-order valence-electron chi connectivity index (χ4n) is 2.08. The summed E-state index contributed by atoms with van der Waals surface area (Å²) >= 11 is 0. The van der Waals surface area contributed by atoms with Gasteiger partial charge in [0.05, 0.1) is 17.4 Å². The van der Waals surface area contributed by atoms with Crippen LogP contribution in [-0.2, 0) is 6.42 Å². The van der Waals surface area contributed by atoms with Crippen LogP contribution >= 0.6 is 0 Å². The van der Waals surface area contributed by atoms with Crippen LogP contribution in [0.1, 0.15) is 36.7 Å². The number of para-hydroxylation sites is 1. The topological polar surface area (TPSA) is 54.0 Å². The Morgan fingerprint density at radius 1 is 1.24 bits per heavy atom. The van der Waals surface area contributed by atoms with E-state index in [1.807, 2.05) is 38.1 Å². The normalized spacial score (nSPS) is 10.5. The first kappa shape index (κ1) is 15.0. The van der Waals surface area contributed by atoms with Gasteiger partial charge in [-0.05, 0) is 38.0 Å². The molecule has 0 atom stereocenters. The first-order valence-corrected chi connectivity index (χ1v) is 7.21. The van der Waals surface area contributed by atoms with Gasteiger partial charge in [0.1, 0.15) is 0 Å². The zero-order valence-corrected chi connectivity index (χ0v) is 12.7. The lowest BCUT2D eigenvalue weighted by Gasteiger charge is -2.12. The molecule has 110 valence electrons. The summed E-state index contributed by atoms with van der Waals surface area (Å²) in [5, 5.41) is 6.20. The van der Waals surface area contributed by atoms with Crippen molar-refractivity contribution in [2.24, 2.45) is 0 Å². The Morgan fingerprint density at radius 2 is 2.00 bits per heavy atom. The summed E-state index contributed by atoms with van der Waals surface area (Å²) in [5.41, 5.74) is 3.65. The molecule has 4 heteroatoms.